The van der Waals surface area contributed by atoms with Crippen LogP contribution in [0.3, 0.4) is 0 Å². The van der Waals surface area contributed by atoms with Crippen molar-refractivity contribution in [2.75, 3.05) is 19.0 Å². The molecule has 3 unspecified atom stereocenters. The SMILES string of the molecule is CCOC1CC(Nc2cc(C)c(C)cc2[N+](=O)[O-])C1OC. The summed E-state index contributed by atoms with van der Waals surface area (Å²) in [4.78, 5) is 10.8. The van der Waals surface area contributed by atoms with Gasteiger partial charge in [-0.05, 0) is 44.4 Å². The molecule has 116 valence electrons. The van der Waals surface area contributed by atoms with Crippen LogP contribution >= 0.6 is 0 Å². The van der Waals surface area contributed by atoms with Crippen LogP contribution in [0.15, 0.2) is 12.1 Å². The second-order valence-electron chi connectivity index (χ2n) is 5.39. The van der Waals surface area contributed by atoms with E-state index < -0.39 is 0 Å². The number of benzene rings is 1. The maximum absolute atomic E-state index is 11.2. The van der Waals surface area contributed by atoms with Crippen LogP contribution in [0, 0.1) is 24.0 Å². The Kier molecular flexibility index (Phi) is 4.80. The lowest BCUT2D eigenvalue weighted by Gasteiger charge is -2.43. The zero-order chi connectivity index (χ0) is 15.6. The van der Waals surface area contributed by atoms with Gasteiger partial charge in [0.25, 0.3) is 5.69 Å². The number of nitrogens with zero attached hydrogens (tertiary/aromatic N) is 1. The summed E-state index contributed by atoms with van der Waals surface area (Å²) in [6.45, 7) is 6.41. The predicted octanol–water partition coefficient (Wildman–Crippen LogP) is 2.82. The van der Waals surface area contributed by atoms with Gasteiger partial charge in [0.05, 0.1) is 17.1 Å². The highest BCUT2D eigenvalue weighted by molar-refractivity contribution is 5.65. The van der Waals surface area contributed by atoms with Crippen LogP contribution in [0.4, 0.5) is 11.4 Å². The molecule has 0 heterocycles. The van der Waals surface area contributed by atoms with Crippen LogP contribution in [-0.2, 0) is 9.47 Å². The molecule has 6 nitrogen and oxygen atoms in total. The average Bonchev–Trinajstić information content (AvgIpc) is 2.41. The monoisotopic (exact) mass is 294 g/mol. The molecule has 1 aliphatic rings. The highest BCUT2D eigenvalue weighted by Gasteiger charge is 2.42. The molecule has 1 aromatic rings. The van der Waals surface area contributed by atoms with Gasteiger partial charge in [0.2, 0.25) is 0 Å². The van der Waals surface area contributed by atoms with Crippen LogP contribution in [0.5, 0.6) is 0 Å². The van der Waals surface area contributed by atoms with E-state index in [2.05, 4.69) is 5.32 Å². The molecular formula is C15H22N2O4. The number of aryl methyl sites for hydroxylation is 2. The van der Waals surface area contributed by atoms with E-state index in [9.17, 15) is 10.1 Å². The zero-order valence-corrected chi connectivity index (χ0v) is 12.9. The molecule has 0 amide bonds. The van der Waals surface area contributed by atoms with E-state index in [1.807, 2.05) is 26.8 Å². The zero-order valence-electron chi connectivity index (χ0n) is 12.9. The minimum absolute atomic E-state index is 0.0346. The van der Waals surface area contributed by atoms with E-state index >= 15 is 0 Å². The Morgan fingerprint density at radius 2 is 2.05 bits per heavy atom. The van der Waals surface area contributed by atoms with Gasteiger partial charge >= 0.3 is 0 Å². The minimum Gasteiger partial charge on any atom is -0.377 e. The summed E-state index contributed by atoms with van der Waals surface area (Å²) < 4.78 is 11.0. The molecule has 2 rings (SSSR count). The fourth-order valence-corrected chi connectivity index (χ4v) is 2.68. The van der Waals surface area contributed by atoms with Crippen LogP contribution in [0.2, 0.25) is 0 Å². The Morgan fingerprint density at radius 1 is 1.38 bits per heavy atom. The van der Waals surface area contributed by atoms with Crippen molar-refractivity contribution in [3.8, 4) is 0 Å². The third-order valence-corrected chi connectivity index (χ3v) is 4.05. The lowest BCUT2D eigenvalue weighted by molar-refractivity contribution is -0.384. The standard InChI is InChI=1S/C15H22N2O4/c1-5-21-14-8-12(15(14)20-4)16-11-6-9(2)10(3)7-13(11)17(18)19/h6-7,12,14-16H,5,8H2,1-4H3. The molecule has 21 heavy (non-hydrogen) atoms. The van der Waals surface area contributed by atoms with Crippen molar-refractivity contribution in [3.05, 3.63) is 33.4 Å². The Hall–Kier alpha value is -1.66. The molecule has 0 aliphatic heterocycles. The summed E-state index contributed by atoms with van der Waals surface area (Å²) in [6, 6.07) is 3.47. The smallest absolute Gasteiger partial charge is 0.292 e. The Balaban J connectivity index is 2.16. The summed E-state index contributed by atoms with van der Waals surface area (Å²) in [5.41, 5.74) is 2.59. The number of hydrogen-bond acceptors (Lipinski definition) is 5. The van der Waals surface area contributed by atoms with Gasteiger partial charge < -0.3 is 14.8 Å². The second-order valence-corrected chi connectivity index (χ2v) is 5.39. The van der Waals surface area contributed by atoms with Gasteiger partial charge in [-0.1, -0.05) is 0 Å². The third kappa shape index (κ3) is 3.16. The molecule has 0 aromatic heterocycles. The molecule has 1 fully saturated rings. The quantitative estimate of drug-likeness (QED) is 0.645. The molecule has 1 N–H and O–H groups in total. The second kappa shape index (κ2) is 6.41. The van der Waals surface area contributed by atoms with Crippen molar-refractivity contribution >= 4 is 11.4 Å². The Bertz CT molecular complexity index is 533. The highest BCUT2D eigenvalue weighted by Crippen LogP contribution is 2.34. The third-order valence-electron chi connectivity index (χ3n) is 4.05. The highest BCUT2D eigenvalue weighted by atomic mass is 16.6. The lowest BCUT2D eigenvalue weighted by atomic mass is 9.84. The molecule has 0 spiro atoms. The van der Waals surface area contributed by atoms with Crippen molar-refractivity contribution in [2.45, 2.75) is 45.4 Å². The van der Waals surface area contributed by atoms with E-state index in [0.717, 1.165) is 17.5 Å². The molecule has 0 bridgehead atoms. The minimum atomic E-state index is -0.352. The fourth-order valence-electron chi connectivity index (χ4n) is 2.68. The first-order chi connectivity index (χ1) is 9.97. The topological polar surface area (TPSA) is 73.6 Å². The average molecular weight is 294 g/mol. The summed E-state index contributed by atoms with van der Waals surface area (Å²) in [6.07, 6.45) is 0.769. The first kappa shape index (κ1) is 15.7. The van der Waals surface area contributed by atoms with Crippen molar-refractivity contribution in [1.82, 2.24) is 0 Å². The van der Waals surface area contributed by atoms with E-state index in [-0.39, 0.29) is 28.9 Å². The largest absolute Gasteiger partial charge is 0.377 e. The molecule has 0 saturated heterocycles. The van der Waals surface area contributed by atoms with Crippen LogP contribution in [0.25, 0.3) is 0 Å². The van der Waals surface area contributed by atoms with E-state index in [4.69, 9.17) is 9.47 Å². The number of rotatable bonds is 6. The molecular weight excluding hydrogens is 272 g/mol. The van der Waals surface area contributed by atoms with E-state index in [0.29, 0.717) is 12.3 Å². The first-order valence-corrected chi connectivity index (χ1v) is 7.14. The normalized spacial score (nSPS) is 24.5. The van der Waals surface area contributed by atoms with E-state index in [1.165, 1.54) is 0 Å². The number of hydrogen-bond donors (Lipinski definition) is 1. The Labute approximate surface area is 124 Å². The Morgan fingerprint density at radius 3 is 2.62 bits per heavy atom. The number of anilines is 1. The van der Waals surface area contributed by atoms with Crippen molar-refractivity contribution in [1.29, 1.82) is 0 Å². The predicted molar refractivity (Wildman–Crippen MR) is 80.8 cm³/mol. The molecule has 1 saturated carbocycles. The molecule has 1 aliphatic carbocycles. The summed E-state index contributed by atoms with van der Waals surface area (Å²) >= 11 is 0. The van der Waals surface area contributed by atoms with Gasteiger partial charge in [-0.25, -0.2) is 0 Å². The fraction of sp³-hybridized carbons (Fsp3) is 0.600. The van der Waals surface area contributed by atoms with Gasteiger partial charge in [-0.15, -0.1) is 0 Å². The molecule has 3 atom stereocenters. The lowest BCUT2D eigenvalue weighted by Crippen LogP contribution is -2.56. The van der Waals surface area contributed by atoms with Gasteiger partial charge in [0.1, 0.15) is 11.8 Å². The number of ether oxygens (including phenoxy) is 2. The van der Waals surface area contributed by atoms with Crippen molar-refractivity contribution < 1.29 is 14.4 Å². The van der Waals surface area contributed by atoms with Gasteiger partial charge in [0, 0.05) is 19.8 Å². The van der Waals surface area contributed by atoms with Gasteiger partial charge in [-0.3, -0.25) is 10.1 Å². The molecule has 6 heteroatoms. The summed E-state index contributed by atoms with van der Waals surface area (Å²) in [5, 5.41) is 14.4. The molecule has 0 radical (unpaired) electrons. The van der Waals surface area contributed by atoms with Crippen LogP contribution in [0.1, 0.15) is 24.5 Å². The summed E-state index contributed by atoms with van der Waals surface area (Å²) in [5.74, 6) is 0. The van der Waals surface area contributed by atoms with Gasteiger partial charge in [-0.2, -0.15) is 0 Å². The number of nitrogens with one attached hydrogen (secondary N) is 1. The van der Waals surface area contributed by atoms with Crippen LogP contribution in [-0.4, -0.2) is 36.9 Å². The molecule has 1 aromatic carbocycles. The maximum atomic E-state index is 11.2. The van der Waals surface area contributed by atoms with E-state index in [1.54, 1.807) is 13.2 Å². The van der Waals surface area contributed by atoms with Crippen LogP contribution < -0.4 is 5.32 Å². The van der Waals surface area contributed by atoms with Gasteiger partial charge in [0.15, 0.2) is 0 Å². The van der Waals surface area contributed by atoms with Crippen molar-refractivity contribution in [3.63, 3.8) is 0 Å². The number of methoxy groups -OCH3 is 1. The van der Waals surface area contributed by atoms with Crippen molar-refractivity contribution in [2.24, 2.45) is 0 Å². The maximum Gasteiger partial charge on any atom is 0.292 e. The number of nitro groups is 1. The summed E-state index contributed by atoms with van der Waals surface area (Å²) in [7, 11) is 1.64. The number of nitro benzene ring substituents is 1. The first-order valence-electron chi connectivity index (χ1n) is 7.14.